The summed E-state index contributed by atoms with van der Waals surface area (Å²) < 4.78 is 0. The molecule has 0 aromatic heterocycles. The third-order valence-electron chi connectivity index (χ3n) is 6.76. The van der Waals surface area contributed by atoms with Crippen LogP contribution in [0.3, 0.4) is 0 Å². The van der Waals surface area contributed by atoms with E-state index in [0.29, 0.717) is 22.6 Å². The topological polar surface area (TPSA) is 50.1 Å². The summed E-state index contributed by atoms with van der Waals surface area (Å²) in [5.74, 6) is 0.657. The predicted octanol–water partition coefficient (Wildman–Crippen LogP) is 8.64. The summed E-state index contributed by atoms with van der Waals surface area (Å²) in [6, 6.07) is 17.9. The molecule has 0 aliphatic heterocycles. The second-order valence-corrected chi connectivity index (χ2v) is 10.7. The van der Waals surface area contributed by atoms with E-state index in [-0.39, 0.29) is 5.41 Å². The van der Waals surface area contributed by atoms with Crippen molar-refractivity contribution in [3.8, 4) is 0 Å². The van der Waals surface area contributed by atoms with Crippen LogP contribution in [-0.4, -0.2) is 0 Å². The Bertz CT molecular complexity index is 1270. The van der Waals surface area contributed by atoms with Gasteiger partial charge in [0.25, 0.3) is 0 Å². The van der Waals surface area contributed by atoms with Gasteiger partial charge in [0.2, 0.25) is 0 Å². The Labute approximate surface area is 212 Å². The van der Waals surface area contributed by atoms with E-state index in [2.05, 4.69) is 56.7 Å². The van der Waals surface area contributed by atoms with Gasteiger partial charge < -0.3 is 16.4 Å². The van der Waals surface area contributed by atoms with Crippen molar-refractivity contribution in [2.75, 3.05) is 16.4 Å². The molecule has 3 aromatic rings. The summed E-state index contributed by atoms with van der Waals surface area (Å²) in [5.41, 5.74) is 14.6. The lowest BCUT2D eigenvalue weighted by Crippen LogP contribution is -2.05. The van der Waals surface area contributed by atoms with Gasteiger partial charge in [0.05, 0.1) is 5.02 Å². The number of nitrogens with one attached hydrogen (secondary N) is 2. The van der Waals surface area contributed by atoms with Gasteiger partial charge in [-0.2, -0.15) is 0 Å². The number of benzene rings is 3. The number of hydrogen-bond donors (Lipinski definition) is 3. The van der Waals surface area contributed by atoms with Crippen LogP contribution >= 0.6 is 23.2 Å². The molecule has 4 rings (SSSR count). The Kier molecular flexibility index (Phi) is 6.46. The van der Waals surface area contributed by atoms with Gasteiger partial charge in [-0.15, -0.1) is 0 Å². The van der Waals surface area contributed by atoms with Crippen LogP contribution in [0.25, 0.3) is 5.70 Å². The number of rotatable bonds is 7. The SMILES string of the molecule is C=C(Nc1ccc(N)cc1C)c1cc(NC(=C)C2C(c3cc(C)cc(Cl)c3)C2(C)C)ccc1Cl. The summed E-state index contributed by atoms with van der Waals surface area (Å²) in [6.07, 6.45) is 0. The van der Waals surface area contributed by atoms with Crippen LogP contribution in [0.5, 0.6) is 0 Å². The molecule has 0 amide bonds. The molecule has 0 bridgehead atoms. The zero-order chi connectivity index (χ0) is 24.8. The molecular weight excluding hydrogens is 461 g/mol. The minimum Gasteiger partial charge on any atom is -0.399 e. The van der Waals surface area contributed by atoms with Crippen molar-refractivity contribution < 1.29 is 0 Å². The van der Waals surface area contributed by atoms with Gasteiger partial charge in [-0.3, -0.25) is 0 Å². The molecule has 3 nitrogen and oxygen atoms in total. The van der Waals surface area contributed by atoms with Crippen molar-refractivity contribution >= 4 is 46.0 Å². The smallest absolute Gasteiger partial charge is 0.0500 e. The molecule has 34 heavy (non-hydrogen) atoms. The molecule has 1 fully saturated rings. The van der Waals surface area contributed by atoms with Gasteiger partial charge in [0.15, 0.2) is 0 Å². The lowest BCUT2D eigenvalue weighted by atomic mass is 10.0. The Morgan fingerprint density at radius 3 is 2.35 bits per heavy atom. The first-order chi connectivity index (χ1) is 16.0. The lowest BCUT2D eigenvalue weighted by molar-refractivity contribution is 0.585. The molecule has 1 aliphatic rings. The van der Waals surface area contributed by atoms with Crippen LogP contribution in [-0.2, 0) is 0 Å². The van der Waals surface area contributed by atoms with E-state index in [1.807, 2.05) is 49.4 Å². The van der Waals surface area contributed by atoms with E-state index in [4.69, 9.17) is 28.9 Å². The molecule has 2 unspecified atom stereocenters. The summed E-state index contributed by atoms with van der Waals surface area (Å²) in [5, 5.41) is 8.29. The van der Waals surface area contributed by atoms with Crippen LogP contribution in [0.1, 0.15) is 42.0 Å². The molecule has 3 aromatic carbocycles. The van der Waals surface area contributed by atoms with Crippen molar-refractivity contribution in [1.29, 1.82) is 0 Å². The minimum atomic E-state index is 0.0916. The highest BCUT2D eigenvalue weighted by atomic mass is 35.5. The molecule has 1 aliphatic carbocycles. The third kappa shape index (κ3) is 4.82. The molecule has 5 heteroatoms. The van der Waals surface area contributed by atoms with Crippen molar-refractivity contribution in [3.05, 3.63) is 106 Å². The zero-order valence-corrected chi connectivity index (χ0v) is 21.6. The first-order valence-electron chi connectivity index (χ1n) is 11.3. The summed E-state index contributed by atoms with van der Waals surface area (Å²) in [7, 11) is 0. The number of halogens is 2. The van der Waals surface area contributed by atoms with Gasteiger partial charge in [-0.25, -0.2) is 0 Å². The molecule has 0 radical (unpaired) electrons. The second-order valence-electron chi connectivity index (χ2n) is 9.86. The average molecular weight is 492 g/mol. The molecule has 1 saturated carbocycles. The maximum absolute atomic E-state index is 6.53. The van der Waals surface area contributed by atoms with Gasteiger partial charge in [0.1, 0.15) is 0 Å². The summed E-state index contributed by atoms with van der Waals surface area (Å²) in [4.78, 5) is 0. The third-order valence-corrected chi connectivity index (χ3v) is 7.31. The first kappa shape index (κ1) is 24.3. The largest absolute Gasteiger partial charge is 0.399 e. The Hall–Kier alpha value is -2.88. The fraction of sp³-hybridized carbons (Fsp3) is 0.241. The van der Waals surface area contributed by atoms with E-state index < -0.39 is 0 Å². The zero-order valence-electron chi connectivity index (χ0n) is 20.1. The van der Waals surface area contributed by atoms with Gasteiger partial charge >= 0.3 is 0 Å². The molecule has 2 atom stereocenters. The van der Waals surface area contributed by atoms with E-state index in [9.17, 15) is 0 Å². The fourth-order valence-corrected chi connectivity index (χ4v) is 5.54. The highest BCUT2D eigenvalue weighted by Crippen LogP contribution is 2.67. The Morgan fingerprint density at radius 2 is 1.68 bits per heavy atom. The van der Waals surface area contributed by atoms with Crippen LogP contribution in [0, 0.1) is 25.2 Å². The van der Waals surface area contributed by atoms with E-state index in [1.54, 1.807) is 0 Å². The quantitative estimate of drug-likeness (QED) is 0.289. The molecule has 0 heterocycles. The number of nitrogens with two attached hydrogens (primary N) is 1. The lowest BCUT2D eigenvalue weighted by Gasteiger charge is -2.16. The molecule has 0 spiro atoms. The van der Waals surface area contributed by atoms with Crippen LogP contribution in [0.2, 0.25) is 10.0 Å². The summed E-state index contributed by atoms with van der Waals surface area (Å²) in [6.45, 7) is 17.2. The maximum atomic E-state index is 6.53. The van der Waals surface area contributed by atoms with Crippen molar-refractivity contribution in [2.45, 2.75) is 33.6 Å². The van der Waals surface area contributed by atoms with E-state index >= 15 is 0 Å². The van der Waals surface area contributed by atoms with Gasteiger partial charge in [-0.1, -0.05) is 56.3 Å². The van der Waals surface area contributed by atoms with Crippen LogP contribution in [0.15, 0.2) is 73.5 Å². The van der Waals surface area contributed by atoms with Crippen molar-refractivity contribution in [1.82, 2.24) is 0 Å². The van der Waals surface area contributed by atoms with E-state index in [1.165, 1.54) is 11.1 Å². The fourth-order valence-electron chi connectivity index (χ4n) is 5.01. The molecule has 0 saturated heterocycles. The normalized spacial score (nSPS) is 18.3. The van der Waals surface area contributed by atoms with Crippen LogP contribution < -0.4 is 16.4 Å². The highest BCUT2D eigenvalue weighted by Gasteiger charge is 2.59. The Balaban J connectivity index is 1.52. The number of aryl methyl sites for hydroxylation is 2. The standard InChI is InChI=1S/C29H31Cl2N3/c1-16-11-20(14-21(30)12-16)28-27(29(28,5)6)19(4)33-23-8-9-25(31)24(15-23)18(3)34-26-10-7-22(32)13-17(26)2/h7-15,27-28,33-34H,3-4,32H2,1-2,5-6H3. The van der Waals surface area contributed by atoms with Crippen molar-refractivity contribution in [3.63, 3.8) is 0 Å². The van der Waals surface area contributed by atoms with E-state index in [0.717, 1.165) is 38.9 Å². The number of anilines is 3. The number of nitrogen functional groups attached to an aromatic ring is 1. The average Bonchev–Trinajstić information content (AvgIpc) is 3.33. The van der Waals surface area contributed by atoms with Gasteiger partial charge in [-0.05, 0) is 90.4 Å². The maximum Gasteiger partial charge on any atom is 0.0500 e. The highest BCUT2D eigenvalue weighted by molar-refractivity contribution is 6.32. The molecular formula is C29H31Cl2N3. The van der Waals surface area contributed by atoms with Gasteiger partial charge in [0, 0.05) is 45.0 Å². The minimum absolute atomic E-state index is 0.0916. The Morgan fingerprint density at radius 1 is 0.941 bits per heavy atom. The summed E-state index contributed by atoms with van der Waals surface area (Å²) >= 11 is 12.9. The first-order valence-corrected chi connectivity index (χ1v) is 12.1. The molecule has 176 valence electrons. The predicted molar refractivity (Wildman–Crippen MR) is 149 cm³/mol. The molecule has 4 N–H and O–H groups in total. The number of hydrogen-bond acceptors (Lipinski definition) is 3. The van der Waals surface area contributed by atoms with Crippen molar-refractivity contribution in [2.24, 2.45) is 11.3 Å². The van der Waals surface area contributed by atoms with Crippen LogP contribution in [0.4, 0.5) is 17.1 Å². The second kappa shape index (κ2) is 9.05. The monoisotopic (exact) mass is 491 g/mol. The number of allylic oxidation sites excluding steroid dienone is 1.